The van der Waals surface area contributed by atoms with E-state index in [1.807, 2.05) is 60.7 Å². The Morgan fingerprint density at radius 3 is 2.47 bits per heavy atom. The fraction of sp³-hybridized carbons (Fsp3) is 0.192. The van der Waals surface area contributed by atoms with Crippen LogP contribution in [0.2, 0.25) is 0 Å². The molecule has 0 saturated heterocycles. The topological polar surface area (TPSA) is 79.4 Å². The summed E-state index contributed by atoms with van der Waals surface area (Å²) in [7, 11) is 1.62. The third-order valence-electron chi connectivity index (χ3n) is 5.46. The fourth-order valence-electron chi connectivity index (χ4n) is 3.72. The van der Waals surface area contributed by atoms with Gasteiger partial charge in [0.15, 0.2) is 4.77 Å². The van der Waals surface area contributed by atoms with Gasteiger partial charge < -0.3 is 9.72 Å². The number of carbonyl (C=O) groups is 1. The number of nitrogens with zero attached hydrogens (tertiary/aromatic N) is 2. The van der Waals surface area contributed by atoms with Crippen molar-refractivity contribution in [3.63, 3.8) is 0 Å². The first-order chi connectivity index (χ1) is 16.6. The van der Waals surface area contributed by atoms with Gasteiger partial charge >= 0.3 is 0 Å². The monoisotopic (exact) mass is 474 g/mol. The average Bonchev–Trinajstić information content (AvgIpc) is 2.86. The first-order valence-corrected chi connectivity index (χ1v) is 11.4. The molecule has 2 N–H and O–H groups in total. The Labute approximate surface area is 202 Å². The highest BCUT2D eigenvalue weighted by atomic mass is 32.1. The quantitative estimate of drug-likeness (QED) is 0.213. The number of methoxy groups -OCH3 is 1. The molecule has 3 aromatic carbocycles. The van der Waals surface area contributed by atoms with Gasteiger partial charge in [-0.25, -0.2) is 0 Å². The highest BCUT2D eigenvalue weighted by Gasteiger charge is 2.15. The largest absolute Gasteiger partial charge is 0.385 e. The third-order valence-corrected chi connectivity index (χ3v) is 5.78. The van der Waals surface area contributed by atoms with E-state index in [0.29, 0.717) is 47.4 Å². The summed E-state index contributed by atoms with van der Waals surface area (Å²) < 4.78 is 6.91. The minimum Gasteiger partial charge on any atom is -0.385 e. The van der Waals surface area contributed by atoms with E-state index < -0.39 is 0 Å². The molecule has 1 amide bonds. The summed E-state index contributed by atoms with van der Waals surface area (Å²) in [5.74, 6) is -0.287. The van der Waals surface area contributed by atoms with Crippen LogP contribution in [0.5, 0.6) is 0 Å². The van der Waals surface area contributed by atoms with E-state index in [1.54, 1.807) is 30.3 Å². The minimum absolute atomic E-state index is 0.184. The maximum absolute atomic E-state index is 13.2. The van der Waals surface area contributed by atoms with E-state index in [-0.39, 0.29) is 11.5 Å². The number of carbonyl (C=O) groups excluding carboxylic acids is 1. The predicted molar refractivity (Wildman–Crippen MR) is 136 cm³/mol. The lowest BCUT2D eigenvalue weighted by Crippen LogP contribution is -2.42. The van der Waals surface area contributed by atoms with Gasteiger partial charge in [-0.15, -0.1) is 0 Å². The molecule has 4 aromatic rings. The van der Waals surface area contributed by atoms with Gasteiger partial charge in [0.05, 0.1) is 23.1 Å². The number of amides is 1. The van der Waals surface area contributed by atoms with Crippen molar-refractivity contribution < 1.29 is 9.53 Å². The Bertz CT molecular complexity index is 1380. The summed E-state index contributed by atoms with van der Waals surface area (Å²) in [6.07, 6.45) is 0.677. The molecule has 7 nitrogen and oxygen atoms in total. The van der Waals surface area contributed by atoms with Crippen LogP contribution in [0.15, 0.2) is 83.7 Å². The van der Waals surface area contributed by atoms with Crippen LogP contribution in [0.1, 0.15) is 22.3 Å². The van der Waals surface area contributed by atoms with Crippen molar-refractivity contribution in [3.05, 3.63) is 105 Å². The van der Waals surface area contributed by atoms with Gasteiger partial charge in [0.25, 0.3) is 11.5 Å². The van der Waals surface area contributed by atoms with E-state index in [1.165, 1.54) is 4.57 Å². The van der Waals surface area contributed by atoms with Crippen molar-refractivity contribution in [3.8, 4) is 0 Å². The minimum atomic E-state index is -0.287. The number of para-hydroxylation sites is 1. The van der Waals surface area contributed by atoms with Crippen LogP contribution in [0.4, 0.5) is 5.69 Å². The molecule has 8 heteroatoms. The molecule has 174 valence electrons. The molecule has 0 radical (unpaired) electrons. The summed E-state index contributed by atoms with van der Waals surface area (Å²) in [6.45, 7) is 1.50. The van der Waals surface area contributed by atoms with E-state index in [4.69, 9.17) is 17.0 Å². The van der Waals surface area contributed by atoms with E-state index in [2.05, 4.69) is 10.4 Å². The molecule has 1 heterocycles. The maximum atomic E-state index is 13.2. The van der Waals surface area contributed by atoms with Crippen LogP contribution < -0.4 is 16.0 Å². The second-order valence-electron chi connectivity index (χ2n) is 7.84. The summed E-state index contributed by atoms with van der Waals surface area (Å²) in [5.41, 5.74) is 5.68. The number of aromatic amines is 1. The number of H-pyrrole nitrogens is 1. The molecule has 0 aliphatic rings. The zero-order valence-electron chi connectivity index (χ0n) is 18.9. The lowest BCUT2D eigenvalue weighted by molar-refractivity contribution is 0.0948. The zero-order chi connectivity index (χ0) is 23.9. The van der Waals surface area contributed by atoms with Crippen LogP contribution in [0.25, 0.3) is 10.9 Å². The number of fused-ring (bicyclic) bond motifs is 1. The number of ether oxygens (including phenoxy) is 1. The zero-order valence-corrected chi connectivity index (χ0v) is 19.7. The Morgan fingerprint density at radius 2 is 1.76 bits per heavy atom. The first-order valence-electron chi connectivity index (χ1n) is 11.0. The molecular formula is C26H26N4O3S. The molecule has 0 atom stereocenters. The number of anilines is 1. The molecule has 4 rings (SSSR count). The number of nitrogens with one attached hydrogen (secondary N) is 2. The molecule has 0 aliphatic carbocycles. The third kappa shape index (κ3) is 5.41. The number of hydrogen-bond acceptors (Lipinski definition) is 5. The van der Waals surface area contributed by atoms with Gasteiger partial charge in [0.1, 0.15) is 0 Å². The Kier molecular flexibility index (Phi) is 7.51. The van der Waals surface area contributed by atoms with E-state index in [9.17, 15) is 9.59 Å². The van der Waals surface area contributed by atoms with Crippen molar-refractivity contribution in [2.75, 3.05) is 18.7 Å². The number of hydrazine groups is 1. The van der Waals surface area contributed by atoms with E-state index >= 15 is 0 Å². The predicted octanol–water partition coefficient (Wildman–Crippen LogP) is 4.45. The molecule has 0 fully saturated rings. The lowest BCUT2D eigenvalue weighted by atomic mass is 10.1. The van der Waals surface area contributed by atoms with Gasteiger partial charge in [-0.05, 0) is 54.5 Å². The van der Waals surface area contributed by atoms with Gasteiger partial charge in [-0.2, -0.15) is 0 Å². The highest BCUT2D eigenvalue weighted by molar-refractivity contribution is 7.71. The molecule has 0 saturated carbocycles. The van der Waals surface area contributed by atoms with Crippen molar-refractivity contribution in [1.82, 2.24) is 15.0 Å². The number of hydrogen-bond donors (Lipinski definition) is 2. The highest BCUT2D eigenvalue weighted by Crippen LogP contribution is 2.16. The van der Waals surface area contributed by atoms with Gasteiger partial charge in [-0.3, -0.25) is 24.6 Å². The Balaban J connectivity index is 1.61. The van der Waals surface area contributed by atoms with Crippen LogP contribution in [-0.2, 0) is 17.8 Å². The average molecular weight is 475 g/mol. The van der Waals surface area contributed by atoms with Crippen molar-refractivity contribution >= 4 is 34.7 Å². The number of rotatable bonds is 9. The van der Waals surface area contributed by atoms with Crippen molar-refractivity contribution in [2.24, 2.45) is 0 Å². The Morgan fingerprint density at radius 1 is 1.06 bits per heavy atom. The van der Waals surface area contributed by atoms with Crippen molar-refractivity contribution in [1.29, 1.82) is 0 Å². The summed E-state index contributed by atoms with van der Waals surface area (Å²) in [6, 6.07) is 24.5. The molecule has 0 aliphatic heterocycles. The molecule has 1 aromatic heterocycles. The van der Waals surface area contributed by atoms with Gasteiger partial charge in [-0.1, -0.05) is 48.5 Å². The van der Waals surface area contributed by atoms with Crippen molar-refractivity contribution in [2.45, 2.75) is 19.5 Å². The van der Waals surface area contributed by atoms with Gasteiger partial charge in [0, 0.05) is 25.8 Å². The standard InChI is InChI=1S/C26H26N4O3S/c1-33-16-8-15-29-25(32)22-14-13-20(17-23(22)27-26(29)34)24(31)28-30(21-11-6-3-7-12-21)18-19-9-4-2-5-10-19/h2-7,9-14,17H,8,15-16,18H2,1H3,(H,27,34)(H,28,31). The molecule has 0 unspecified atom stereocenters. The summed E-state index contributed by atoms with van der Waals surface area (Å²) in [4.78, 5) is 29.2. The van der Waals surface area contributed by atoms with Crippen LogP contribution in [-0.4, -0.2) is 29.2 Å². The number of aromatic nitrogens is 2. The number of benzene rings is 3. The normalized spacial score (nSPS) is 10.9. The first kappa shape index (κ1) is 23.4. The van der Waals surface area contributed by atoms with Gasteiger partial charge in [0.2, 0.25) is 0 Å². The van der Waals surface area contributed by atoms with Crippen LogP contribution >= 0.6 is 12.2 Å². The summed E-state index contributed by atoms with van der Waals surface area (Å²) >= 11 is 5.39. The second-order valence-corrected chi connectivity index (χ2v) is 8.23. The molecule has 0 bridgehead atoms. The lowest BCUT2D eigenvalue weighted by Gasteiger charge is -2.25. The smallest absolute Gasteiger partial charge is 0.269 e. The van der Waals surface area contributed by atoms with Crippen LogP contribution in [0.3, 0.4) is 0 Å². The molecule has 0 spiro atoms. The molecule has 34 heavy (non-hydrogen) atoms. The van der Waals surface area contributed by atoms with Crippen LogP contribution in [0, 0.1) is 4.77 Å². The second kappa shape index (κ2) is 10.9. The SMILES string of the molecule is COCCCn1c(=S)[nH]c2cc(C(=O)NN(Cc3ccccc3)c3ccccc3)ccc2c1=O. The fourth-order valence-corrected chi connectivity index (χ4v) is 4.01. The maximum Gasteiger partial charge on any atom is 0.269 e. The summed E-state index contributed by atoms with van der Waals surface area (Å²) in [5, 5.41) is 2.28. The Hall–Kier alpha value is -3.75. The molecular weight excluding hydrogens is 448 g/mol. The van der Waals surface area contributed by atoms with E-state index in [0.717, 1.165) is 11.3 Å².